The van der Waals surface area contributed by atoms with Gasteiger partial charge in [-0.1, -0.05) is 36.2 Å². The molecule has 0 bridgehead atoms. The van der Waals surface area contributed by atoms with E-state index in [4.69, 9.17) is 23.2 Å². The zero-order valence-electron chi connectivity index (χ0n) is 20.3. The van der Waals surface area contributed by atoms with Crippen molar-refractivity contribution < 1.29 is 14.4 Å². The SMILES string of the molecule is CCCN1c2cc(C)c(/C=C3/C(=O)NC(=O)N(c4ccc(Cl)cc4Cl)C3=O)cc2C(C)=CC1(C)C. The summed E-state index contributed by atoms with van der Waals surface area (Å²) in [5.74, 6) is -1.50. The summed E-state index contributed by atoms with van der Waals surface area (Å²) in [6.07, 6.45) is 4.78. The number of urea groups is 1. The van der Waals surface area contributed by atoms with Crippen LogP contribution in [0.15, 0.2) is 42.0 Å². The summed E-state index contributed by atoms with van der Waals surface area (Å²) in [5.41, 5.74) is 4.81. The van der Waals surface area contributed by atoms with Crippen molar-refractivity contribution >= 4 is 64.1 Å². The van der Waals surface area contributed by atoms with Gasteiger partial charge in [-0.2, -0.15) is 0 Å². The molecule has 35 heavy (non-hydrogen) atoms. The van der Waals surface area contributed by atoms with Crippen molar-refractivity contribution in [3.8, 4) is 0 Å². The van der Waals surface area contributed by atoms with Crippen LogP contribution < -0.4 is 15.1 Å². The van der Waals surface area contributed by atoms with Crippen molar-refractivity contribution in [1.29, 1.82) is 0 Å². The number of allylic oxidation sites excluding steroid dienone is 1. The summed E-state index contributed by atoms with van der Waals surface area (Å²) in [6, 6.07) is 7.66. The highest BCUT2D eigenvalue weighted by molar-refractivity contribution is 6.42. The van der Waals surface area contributed by atoms with E-state index in [-0.39, 0.29) is 21.8 Å². The lowest BCUT2D eigenvalue weighted by Crippen LogP contribution is -2.54. The summed E-state index contributed by atoms with van der Waals surface area (Å²) >= 11 is 12.2. The molecular formula is C27H27Cl2N3O3. The van der Waals surface area contributed by atoms with Crippen molar-refractivity contribution in [3.05, 3.63) is 68.7 Å². The molecular weight excluding hydrogens is 485 g/mol. The van der Waals surface area contributed by atoms with Gasteiger partial charge in [0.15, 0.2) is 0 Å². The molecule has 0 atom stereocenters. The smallest absolute Gasteiger partial charge is 0.335 e. The van der Waals surface area contributed by atoms with Crippen molar-refractivity contribution in [3.63, 3.8) is 0 Å². The molecule has 2 aliphatic heterocycles. The number of hydrogen-bond donors (Lipinski definition) is 1. The second kappa shape index (κ2) is 9.17. The van der Waals surface area contributed by atoms with Gasteiger partial charge in [0.05, 0.1) is 16.2 Å². The lowest BCUT2D eigenvalue weighted by molar-refractivity contribution is -0.122. The zero-order chi connectivity index (χ0) is 25.7. The number of anilines is 2. The van der Waals surface area contributed by atoms with E-state index in [9.17, 15) is 14.4 Å². The van der Waals surface area contributed by atoms with Crippen LogP contribution in [0.2, 0.25) is 10.0 Å². The number of fused-ring (bicyclic) bond motifs is 1. The Bertz CT molecular complexity index is 1330. The van der Waals surface area contributed by atoms with Gasteiger partial charge in [-0.3, -0.25) is 14.9 Å². The third kappa shape index (κ3) is 4.48. The number of carbonyl (C=O) groups is 3. The molecule has 0 spiro atoms. The van der Waals surface area contributed by atoms with Gasteiger partial charge in [0, 0.05) is 22.8 Å². The van der Waals surface area contributed by atoms with E-state index in [2.05, 4.69) is 50.1 Å². The highest BCUT2D eigenvalue weighted by Crippen LogP contribution is 2.41. The maximum absolute atomic E-state index is 13.3. The van der Waals surface area contributed by atoms with Crippen molar-refractivity contribution in [2.45, 2.75) is 46.6 Å². The molecule has 2 aromatic rings. The third-order valence-corrected chi connectivity index (χ3v) is 6.90. The predicted octanol–water partition coefficient (Wildman–Crippen LogP) is 6.38. The minimum Gasteiger partial charge on any atom is -0.362 e. The molecule has 182 valence electrons. The second-order valence-corrected chi connectivity index (χ2v) is 10.3. The van der Waals surface area contributed by atoms with Crippen LogP contribution >= 0.6 is 23.2 Å². The van der Waals surface area contributed by atoms with Crippen LogP contribution in [0.1, 0.15) is 50.8 Å². The fourth-order valence-electron chi connectivity index (χ4n) is 4.73. The number of nitrogens with one attached hydrogen (secondary N) is 1. The van der Waals surface area contributed by atoms with E-state index in [1.807, 2.05) is 13.0 Å². The summed E-state index contributed by atoms with van der Waals surface area (Å²) in [5, 5.41) is 2.73. The Labute approximate surface area is 215 Å². The minimum absolute atomic E-state index is 0.124. The van der Waals surface area contributed by atoms with Gasteiger partial charge in [0.1, 0.15) is 5.57 Å². The molecule has 6 nitrogen and oxygen atoms in total. The molecule has 2 heterocycles. The van der Waals surface area contributed by atoms with Gasteiger partial charge >= 0.3 is 6.03 Å². The number of benzene rings is 2. The molecule has 2 aliphatic rings. The van der Waals surface area contributed by atoms with Gasteiger partial charge in [-0.15, -0.1) is 0 Å². The largest absolute Gasteiger partial charge is 0.362 e. The summed E-state index contributed by atoms with van der Waals surface area (Å²) in [6.45, 7) is 11.5. The highest BCUT2D eigenvalue weighted by Gasteiger charge is 2.38. The Morgan fingerprint density at radius 3 is 2.40 bits per heavy atom. The third-order valence-electron chi connectivity index (χ3n) is 6.36. The fraction of sp³-hybridized carbons (Fsp3) is 0.296. The molecule has 0 aromatic heterocycles. The second-order valence-electron chi connectivity index (χ2n) is 9.41. The van der Waals surface area contributed by atoms with Crippen LogP contribution in [-0.4, -0.2) is 29.9 Å². The van der Waals surface area contributed by atoms with Gasteiger partial charge in [-0.05, 0) is 87.2 Å². The topological polar surface area (TPSA) is 69.7 Å². The fourth-order valence-corrected chi connectivity index (χ4v) is 5.22. The quantitative estimate of drug-likeness (QED) is 0.381. The molecule has 1 N–H and O–H groups in total. The number of hydrogen-bond acceptors (Lipinski definition) is 4. The lowest BCUT2D eigenvalue weighted by atomic mass is 9.86. The molecule has 0 radical (unpaired) electrons. The van der Waals surface area contributed by atoms with Gasteiger partial charge < -0.3 is 4.90 Å². The number of amides is 4. The summed E-state index contributed by atoms with van der Waals surface area (Å²) in [7, 11) is 0. The van der Waals surface area contributed by atoms with Crippen LogP contribution in [-0.2, 0) is 9.59 Å². The van der Waals surface area contributed by atoms with Crippen LogP contribution in [0.3, 0.4) is 0 Å². The molecule has 0 aliphatic carbocycles. The number of barbiturate groups is 1. The molecule has 4 amide bonds. The Morgan fingerprint density at radius 2 is 1.74 bits per heavy atom. The Kier molecular flexibility index (Phi) is 6.56. The number of halogens is 2. The summed E-state index contributed by atoms with van der Waals surface area (Å²) < 4.78 is 0. The molecule has 4 rings (SSSR count). The average molecular weight is 512 g/mol. The molecule has 2 aromatic carbocycles. The Morgan fingerprint density at radius 1 is 1.03 bits per heavy atom. The van der Waals surface area contributed by atoms with Gasteiger partial charge in [-0.25, -0.2) is 9.69 Å². The first-order chi connectivity index (χ1) is 16.4. The first-order valence-electron chi connectivity index (χ1n) is 11.4. The van der Waals surface area contributed by atoms with E-state index < -0.39 is 17.8 Å². The van der Waals surface area contributed by atoms with Crippen LogP contribution in [0.5, 0.6) is 0 Å². The van der Waals surface area contributed by atoms with Crippen LogP contribution in [0, 0.1) is 6.92 Å². The zero-order valence-corrected chi connectivity index (χ0v) is 21.8. The lowest BCUT2D eigenvalue weighted by Gasteiger charge is -2.43. The Balaban J connectivity index is 1.80. The number of imide groups is 2. The summed E-state index contributed by atoms with van der Waals surface area (Å²) in [4.78, 5) is 41.8. The van der Waals surface area contributed by atoms with Crippen LogP contribution in [0.25, 0.3) is 11.6 Å². The van der Waals surface area contributed by atoms with Crippen molar-refractivity contribution in [2.75, 3.05) is 16.3 Å². The van der Waals surface area contributed by atoms with E-state index >= 15 is 0 Å². The monoisotopic (exact) mass is 511 g/mol. The molecule has 8 heteroatoms. The molecule has 0 unspecified atom stereocenters. The molecule has 1 fully saturated rings. The number of nitrogens with zero attached hydrogens (tertiary/aromatic N) is 2. The number of carbonyl (C=O) groups excluding carboxylic acids is 3. The first-order valence-corrected chi connectivity index (χ1v) is 12.2. The van der Waals surface area contributed by atoms with Gasteiger partial charge in [0.2, 0.25) is 0 Å². The van der Waals surface area contributed by atoms with E-state index in [0.717, 1.165) is 45.8 Å². The van der Waals surface area contributed by atoms with E-state index in [0.29, 0.717) is 5.02 Å². The highest BCUT2D eigenvalue weighted by atomic mass is 35.5. The molecule has 1 saturated heterocycles. The van der Waals surface area contributed by atoms with Gasteiger partial charge in [0.25, 0.3) is 11.8 Å². The number of aryl methyl sites for hydroxylation is 1. The van der Waals surface area contributed by atoms with Crippen molar-refractivity contribution in [2.24, 2.45) is 0 Å². The maximum atomic E-state index is 13.3. The normalized spacial score (nSPS) is 18.5. The molecule has 0 saturated carbocycles. The van der Waals surface area contributed by atoms with E-state index in [1.54, 1.807) is 0 Å². The van der Waals surface area contributed by atoms with Crippen LogP contribution in [0.4, 0.5) is 16.2 Å². The Hall–Kier alpha value is -3.09. The van der Waals surface area contributed by atoms with Crippen molar-refractivity contribution in [1.82, 2.24) is 5.32 Å². The van der Waals surface area contributed by atoms with E-state index in [1.165, 1.54) is 24.3 Å². The number of rotatable bonds is 4. The average Bonchev–Trinajstić information content (AvgIpc) is 2.75. The minimum atomic E-state index is -0.861. The maximum Gasteiger partial charge on any atom is 0.335 e. The standard InChI is InChI=1S/C27H27Cl2N3O3/c1-6-9-31-23-10-15(2)17(11-19(23)16(3)14-27(31,4)5)12-20-24(33)30-26(35)32(25(20)34)22-8-7-18(28)13-21(22)29/h7-8,10-14H,6,9H2,1-5H3,(H,30,33,35)/b20-12-. The first kappa shape index (κ1) is 25.0. The predicted molar refractivity (Wildman–Crippen MR) is 142 cm³/mol.